The maximum absolute atomic E-state index is 12.9. The van der Waals surface area contributed by atoms with Crippen LogP contribution in [0.5, 0.6) is 0 Å². The van der Waals surface area contributed by atoms with Crippen LogP contribution in [0.25, 0.3) is 0 Å². The van der Waals surface area contributed by atoms with E-state index in [9.17, 15) is 9.59 Å². The minimum absolute atomic E-state index is 0.00829. The summed E-state index contributed by atoms with van der Waals surface area (Å²) in [5.41, 5.74) is 1.69. The molecule has 1 aliphatic rings. The molecule has 136 valence electrons. The van der Waals surface area contributed by atoms with Crippen LogP contribution < -0.4 is 0 Å². The SMILES string of the molecule is CCN(C)C(=O)[C@H]1CN(C(=O)c2ccc(Cl)cc2)C[C@H]1c1ccccc1. The molecule has 0 aliphatic carbocycles. The Balaban J connectivity index is 1.87. The van der Waals surface area contributed by atoms with Crippen LogP contribution in [0, 0.1) is 5.92 Å². The van der Waals surface area contributed by atoms with Gasteiger partial charge >= 0.3 is 0 Å². The highest BCUT2D eigenvalue weighted by atomic mass is 35.5. The third-order valence-electron chi connectivity index (χ3n) is 5.09. The monoisotopic (exact) mass is 370 g/mol. The van der Waals surface area contributed by atoms with Gasteiger partial charge in [0.05, 0.1) is 5.92 Å². The number of hydrogen-bond acceptors (Lipinski definition) is 2. The Bertz CT molecular complexity index is 776. The number of benzene rings is 2. The van der Waals surface area contributed by atoms with E-state index in [-0.39, 0.29) is 23.7 Å². The molecule has 26 heavy (non-hydrogen) atoms. The predicted octanol–water partition coefficient (Wildman–Crippen LogP) is 3.67. The summed E-state index contributed by atoms with van der Waals surface area (Å²) in [6, 6.07) is 16.9. The second-order valence-corrected chi connectivity index (χ2v) is 7.13. The molecule has 0 bridgehead atoms. The van der Waals surface area contributed by atoms with E-state index in [2.05, 4.69) is 0 Å². The summed E-state index contributed by atoms with van der Waals surface area (Å²) < 4.78 is 0. The minimum atomic E-state index is -0.224. The molecule has 0 radical (unpaired) electrons. The van der Waals surface area contributed by atoms with Gasteiger partial charge in [-0.2, -0.15) is 0 Å². The lowest BCUT2D eigenvalue weighted by Gasteiger charge is -2.23. The molecule has 1 fully saturated rings. The summed E-state index contributed by atoms with van der Waals surface area (Å²) in [5.74, 6) is -0.183. The number of likely N-dealkylation sites (tertiary alicyclic amines) is 1. The number of hydrogen-bond donors (Lipinski definition) is 0. The highest BCUT2D eigenvalue weighted by Gasteiger charge is 2.41. The lowest BCUT2D eigenvalue weighted by Crippen LogP contribution is -2.36. The lowest BCUT2D eigenvalue weighted by molar-refractivity contribution is -0.133. The molecule has 2 atom stereocenters. The van der Waals surface area contributed by atoms with Crippen molar-refractivity contribution in [2.24, 2.45) is 5.92 Å². The van der Waals surface area contributed by atoms with Crippen molar-refractivity contribution in [1.29, 1.82) is 0 Å². The van der Waals surface area contributed by atoms with Crippen molar-refractivity contribution in [2.75, 3.05) is 26.7 Å². The van der Waals surface area contributed by atoms with E-state index in [0.717, 1.165) is 5.56 Å². The number of halogens is 1. The van der Waals surface area contributed by atoms with Crippen molar-refractivity contribution in [1.82, 2.24) is 9.80 Å². The Morgan fingerprint density at radius 2 is 1.73 bits per heavy atom. The fourth-order valence-electron chi connectivity index (χ4n) is 3.47. The van der Waals surface area contributed by atoms with Gasteiger partial charge in [0.1, 0.15) is 0 Å². The second-order valence-electron chi connectivity index (χ2n) is 6.69. The molecule has 0 aromatic heterocycles. The molecule has 1 aliphatic heterocycles. The van der Waals surface area contributed by atoms with Gasteiger partial charge in [0, 0.05) is 43.2 Å². The van der Waals surface area contributed by atoms with E-state index in [0.29, 0.717) is 30.2 Å². The van der Waals surface area contributed by atoms with E-state index < -0.39 is 0 Å². The predicted molar refractivity (Wildman–Crippen MR) is 103 cm³/mol. The first-order valence-corrected chi connectivity index (χ1v) is 9.23. The van der Waals surface area contributed by atoms with Crippen LogP contribution in [0.2, 0.25) is 5.02 Å². The standard InChI is InChI=1S/C21H23ClN2O2/c1-3-23(2)21(26)19-14-24(13-18(19)15-7-5-4-6-8-15)20(25)16-9-11-17(22)12-10-16/h4-12,18-19H,3,13-14H2,1-2H3/t18-,19-/m0/s1. The molecule has 2 aromatic carbocycles. The third-order valence-corrected chi connectivity index (χ3v) is 5.35. The Kier molecular flexibility index (Phi) is 5.62. The zero-order valence-electron chi connectivity index (χ0n) is 15.1. The molecule has 3 rings (SSSR count). The molecule has 2 aromatic rings. The largest absolute Gasteiger partial charge is 0.346 e. The van der Waals surface area contributed by atoms with Gasteiger partial charge in [-0.15, -0.1) is 0 Å². The van der Waals surface area contributed by atoms with Gasteiger partial charge in [-0.25, -0.2) is 0 Å². The van der Waals surface area contributed by atoms with Gasteiger partial charge in [0.25, 0.3) is 5.91 Å². The zero-order chi connectivity index (χ0) is 18.7. The molecule has 0 saturated carbocycles. The Morgan fingerprint density at radius 3 is 2.35 bits per heavy atom. The number of nitrogens with zero attached hydrogens (tertiary/aromatic N) is 2. The molecule has 0 N–H and O–H groups in total. The van der Waals surface area contributed by atoms with Gasteiger partial charge in [-0.1, -0.05) is 41.9 Å². The van der Waals surface area contributed by atoms with Crippen molar-refractivity contribution in [2.45, 2.75) is 12.8 Å². The fourth-order valence-corrected chi connectivity index (χ4v) is 3.60. The average molecular weight is 371 g/mol. The number of carbonyl (C=O) groups is 2. The van der Waals surface area contributed by atoms with Crippen LogP contribution in [-0.4, -0.2) is 48.3 Å². The smallest absolute Gasteiger partial charge is 0.253 e. The quantitative estimate of drug-likeness (QED) is 0.823. The molecular weight excluding hydrogens is 348 g/mol. The summed E-state index contributed by atoms with van der Waals surface area (Å²) in [5, 5.41) is 0.600. The van der Waals surface area contributed by atoms with Crippen molar-refractivity contribution >= 4 is 23.4 Å². The average Bonchev–Trinajstić information content (AvgIpc) is 3.13. The Labute approximate surface area is 159 Å². The van der Waals surface area contributed by atoms with Gasteiger partial charge in [0.2, 0.25) is 5.91 Å². The van der Waals surface area contributed by atoms with Crippen LogP contribution >= 0.6 is 11.6 Å². The molecule has 2 amide bonds. The summed E-state index contributed by atoms with van der Waals surface area (Å²) in [7, 11) is 1.81. The van der Waals surface area contributed by atoms with E-state index in [1.54, 1.807) is 34.1 Å². The third kappa shape index (κ3) is 3.75. The molecule has 1 saturated heterocycles. The molecule has 1 heterocycles. The van der Waals surface area contributed by atoms with Gasteiger partial charge in [-0.3, -0.25) is 9.59 Å². The second kappa shape index (κ2) is 7.92. The van der Waals surface area contributed by atoms with Crippen molar-refractivity contribution in [3.63, 3.8) is 0 Å². The first kappa shape index (κ1) is 18.5. The van der Waals surface area contributed by atoms with Gasteiger partial charge in [0.15, 0.2) is 0 Å². The van der Waals surface area contributed by atoms with Crippen LogP contribution in [0.15, 0.2) is 54.6 Å². The molecule has 4 nitrogen and oxygen atoms in total. The number of carbonyl (C=O) groups excluding carboxylic acids is 2. The van der Waals surface area contributed by atoms with E-state index >= 15 is 0 Å². The number of amides is 2. The van der Waals surface area contributed by atoms with Gasteiger partial charge in [-0.05, 0) is 36.8 Å². The topological polar surface area (TPSA) is 40.6 Å². The Hall–Kier alpha value is -2.33. The fraction of sp³-hybridized carbons (Fsp3) is 0.333. The lowest BCUT2D eigenvalue weighted by atomic mass is 9.88. The maximum Gasteiger partial charge on any atom is 0.253 e. The summed E-state index contributed by atoms with van der Waals surface area (Å²) in [6.07, 6.45) is 0. The maximum atomic E-state index is 12.9. The van der Waals surface area contributed by atoms with E-state index in [4.69, 9.17) is 11.6 Å². The normalized spacial score (nSPS) is 19.4. The van der Waals surface area contributed by atoms with E-state index in [1.807, 2.05) is 44.3 Å². The van der Waals surface area contributed by atoms with Crippen molar-refractivity contribution in [3.8, 4) is 0 Å². The molecule has 0 spiro atoms. The summed E-state index contributed by atoms with van der Waals surface area (Å²) >= 11 is 5.92. The van der Waals surface area contributed by atoms with Gasteiger partial charge < -0.3 is 9.80 Å². The van der Waals surface area contributed by atoms with E-state index in [1.165, 1.54) is 0 Å². The zero-order valence-corrected chi connectivity index (χ0v) is 15.8. The summed E-state index contributed by atoms with van der Waals surface area (Å²) in [6.45, 7) is 3.59. The molecule has 5 heteroatoms. The first-order chi connectivity index (χ1) is 12.5. The van der Waals surface area contributed by atoms with Crippen LogP contribution in [0.1, 0.15) is 28.8 Å². The van der Waals surface area contributed by atoms with Crippen molar-refractivity contribution in [3.05, 3.63) is 70.7 Å². The van der Waals surface area contributed by atoms with Crippen LogP contribution in [0.4, 0.5) is 0 Å². The summed E-state index contributed by atoms with van der Waals surface area (Å²) in [4.78, 5) is 29.3. The minimum Gasteiger partial charge on any atom is -0.346 e. The number of rotatable bonds is 4. The van der Waals surface area contributed by atoms with Crippen LogP contribution in [0.3, 0.4) is 0 Å². The Morgan fingerprint density at radius 1 is 1.08 bits per heavy atom. The highest BCUT2D eigenvalue weighted by Crippen LogP contribution is 2.34. The highest BCUT2D eigenvalue weighted by molar-refractivity contribution is 6.30. The first-order valence-electron chi connectivity index (χ1n) is 8.86. The van der Waals surface area contributed by atoms with Crippen LogP contribution in [-0.2, 0) is 4.79 Å². The van der Waals surface area contributed by atoms with Crippen molar-refractivity contribution < 1.29 is 9.59 Å². The molecular formula is C21H23ClN2O2. The molecule has 0 unspecified atom stereocenters.